The summed E-state index contributed by atoms with van der Waals surface area (Å²) in [6, 6.07) is 50.4. The van der Waals surface area contributed by atoms with Gasteiger partial charge in [-0.15, -0.1) is 11.3 Å². The van der Waals surface area contributed by atoms with Crippen molar-refractivity contribution in [3.63, 3.8) is 0 Å². The zero-order valence-electron chi connectivity index (χ0n) is 27.1. The van der Waals surface area contributed by atoms with Crippen LogP contribution in [0.2, 0.25) is 0 Å². The molecule has 234 valence electrons. The number of thiophene rings is 1. The molecule has 3 aromatic heterocycles. The van der Waals surface area contributed by atoms with E-state index in [2.05, 4.69) is 152 Å². The minimum Gasteiger partial charge on any atom is -0.456 e. The maximum Gasteiger partial charge on any atom is 0.136 e. The second-order valence-corrected chi connectivity index (χ2v) is 14.4. The molecule has 0 fully saturated rings. The van der Waals surface area contributed by atoms with Crippen molar-refractivity contribution < 1.29 is 4.42 Å². The van der Waals surface area contributed by atoms with Gasteiger partial charge in [-0.2, -0.15) is 0 Å². The fraction of sp³-hybridized carbons (Fsp3) is 0.0426. The van der Waals surface area contributed by atoms with E-state index in [9.17, 15) is 0 Å². The maximum absolute atomic E-state index is 6.27. The minimum absolute atomic E-state index is 0.893. The van der Waals surface area contributed by atoms with Crippen LogP contribution in [-0.2, 0) is 6.42 Å². The molecular weight excluding hydrogens is 627 g/mol. The van der Waals surface area contributed by atoms with Crippen molar-refractivity contribution in [2.24, 2.45) is 0 Å². The number of rotatable bonds is 3. The SMILES string of the molecule is C1=C(c2c3ccccc3c(-c3ccc(-c4ccc5oc6cc7ccccc7cc6c5c4)nc3)c3ccccc23)c2sc3ccccc3c2CC1. The summed E-state index contributed by atoms with van der Waals surface area (Å²) in [6.45, 7) is 0. The smallest absolute Gasteiger partial charge is 0.136 e. The second kappa shape index (κ2) is 10.7. The Hall–Kier alpha value is -6.03. The molecule has 0 saturated carbocycles. The number of furan rings is 1. The molecule has 2 nitrogen and oxygen atoms in total. The Kier molecular flexibility index (Phi) is 5.98. The highest BCUT2D eigenvalue weighted by Gasteiger charge is 2.24. The van der Waals surface area contributed by atoms with Crippen LogP contribution in [0.1, 0.15) is 22.4 Å². The summed E-state index contributed by atoms with van der Waals surface area (Å²) in [6.07, 6.45) is 6.67. The first kappa shape index (κ1) is 27.9. The zero-order chi connectivity index (χ0) is 32.8. The van der Waals surface area contributed by atoms with E-state index in [1.165, 1.54) is 69.5 Å². The lowest BCUT2D eigenvalue weighted by Crippen LogP contribution is -2.00. The van der Waals surface area contributed by atoms with E-state index in [1.807, 2.05) is 11.3 Å². The average Bonchev–Trinajstić information content (AvgIpc) is 3.74. The number of pyridine rings is 1. The predicted octanol–water partition coefficient (Wildman–Crippen LogP) is 13.4. The molecule has 0 aliphatic heterocycles. The normalized spacial score (nSPS) is 13.2. The van der Waals surface area contributed by atoms with Gasteiger partial charge in [0.25, 0.3) is 0 Å². The topological polar surface area (TPSA) is 26.0 Å². The molecule has 7 aromatic carbocycles. The van der Waals surface area contributed by atoms with E-state index >= 15 is 0 Å². The average molecular weight is 656 g/mol. The molecule has 3 heteroatoms. The molecule has 0 N–H and O–H groups in total. The third kappa shape index (κ3) is 4.11. The summed E-state index contributed by atoms with van der Waals surface area (Å²) in [5, 5.41) is 11.1. The Balaban J connectivity index is 1.06. The number of fused-ring (bicyclic) bond motifs is 9. The molecule has 1 aliphatic carbocycles. The number of hydrogen-bond donors (Lipinski definition) is 0. The van der Waals surface area contributed by atoms with Crippen LogP contribution in [0.25, 0.3) is 92.3 Å². The quantitative estimate of drug-likeness (QED) is 0.177. The Morgan fingerprint density at radius 2 is 1.16 bits per heavy atom. The maximum atomic E-state index is 6.27. The van der Waals surface area contributed by atoms with Gasteiger partial charge in [0.2, 0.25) is 0 Å². The molecule has 0 unspecified atom stereocenters. The van der Waals surface area contributed by atoms with Crippen LogP contribution in [0.4, 0.5) is 0 Å². The first-order valence-electron chi connectivity index (χ1n) is 17.3. The summed E-state index contributed by atoms with van der Waals surface area (Å²) in [7, 11) is 0. The zero-order valence-corrected chi connectivity index (χ0v) is 27.9. The van der Waals surface area contributed by atoms with Crippen molar-refractivity contribution in [1.29, 1.82) is 0 Å². The molecule has 50 heavy (non-hydrogen) atoms. The highest BCUT2D eigenvalue weighted by atomic mass is 32.1. The molecular formula is C47H29NOS. The molecule has 0 amide bonds. The van der Waals surface area contributed by atoms with Crippen molar-refractivity contribution in [2.45, 2.75) is 12.8 Å². The van der Waals surface area contributed by atoms with Crippen LogP contribution in [0.5, 0.6) is 0 Å². The van der Waals surface area contributed by atoms with Gasteiger partial charge < -0.3 is 4.42 Å². The van der Waals surface area contributed by atoms with Crippen molar-refractivity contribution in [2.75, 3.05) is 0 Å². The molecule has 0 radical (unpaired) electrons. The summed E-state index contributed by atoms with van der Waals surface area (Å²) in [4.78, 5) is 6.50. The Labute approximate surface area is 292 Å². The van der Waals surface area contributed by atoms with E-state index in [4.69, 9.17) is 9.40 Å². The number of nitrogens with zero attached hydrogens (tertiary/aromatic N) is 1. The van der Waals surface area contributed by atoms with E-state index in [1.54, 1.807) is 0 Å². The molecule has 10 aromatic rings. The molecule has 11 rings (SSSR count). The summed E-state index contributed by atoms with van der Waals surface area (Å²) < 4.78 is 7.65. The molecule has 0 bridgehead atoms. The highest BCUT2D eigenvalue weighted by Crippen LogP contribution is 2.48. The van der Waals surface area contributed by atoms with Crippen LogP contribution in [0.15, 0.2) is 156 Å². The van der Waals surface area contributed by atoms with E-state index in [0.717, 1.165) is 51.6 Å². The monoisotopic (exact) mass is 655 g/mol. The minimum atomic E-state index is 0.893. The molecule has 3 heterocycles. The highest BCUT2D eigenvalue weighted by molar-refractivity contribution is 7.20. The van der Waals surface area contributed by atoms with E-state index in [-0.39, 0.29) is 0 Å². The largest absolute Gasteiger partial charge is 0.456 e. The van der Waals surface area contributed by atoms with E-state index in [0.29, 0.717) is 0 Å². The van der Waals surface area contributed by atoms with Crippen LogP contribution >= 0.6 is 11.3 Å². The fourth-order valence-electron chi connectivity index (χ4n) is 8.30. The van der Waals surface area contributed by atoms with E-state index < -0.39 is 0 Å². The summed E-state index contributed by atoms with van der Waals surface area (Å²) in [5.41, 5.74) is 10.4. The third-order valence-electron chi connectivity index (χ3n) is 10.6. The number of aryl methyl sites for hydroxylation is 1. The van der Waals surface area contributed by atoms with Gasteiger partial charge in [0.1, 0.15) is 11.2 Å². The molecule has 1 aliphatic rings. The van der Waals surface area contributed by atoms with Gasteiger partial charge in [-0.1, -0.05) is 103 Å². The summed E-state index contributed by atoms with van der Waals surface area (Å²) >= 11 is 1.94. The number of allylic oxidation sites excluding steroid dienone is 1. The van der Waals surface area contributed by atoms with Gasteiger partial charge in [-0.25, -0.2) is 0 Å². The van der Waals surface area contributed by atoms with Gasteiger partial charge >= 0.3 is 0 Å². The van der Waals surface area contributed by atoms with Crippen molar-refractivity contribution in [3.05, 3.63) is 168 Å². The van der Waals surface area contributed by atoms with Crippen molar-refractivity contribution in [3.8, 4) is 22.4 Å². The standard InChI is InChI=1S/C47H29NOS/c1-2-11-29-26-43-40(24-28(29)10-1)39-25-30(21-23-42(39)49-43)41-22-20-31(27-48-41)45-33-13-3-5-15-35(33)46(36-16-6-4-14-34(36)45)38-18-9-17-37-32-12-7-8-19-44(32)50-47(37)38/h1-8,10-16,18-27H,9,17H2. The molecule has 0 saturated heterocycles. The lowest BCUT2D eigenvalue weighted by molar-refractivity contribution is 0.669. The Bertz CT molecular complexity index is 2980. The lowest BCUT2D eigenvalue weighted by atomic mass is 9.83. The van der Waals surface area contributed by atoms with Gasteiger partial charge in [0.15, 0.2) is 0 Å². The Morgan fingerprint density at radius 3 is 1.90 bits per heavy atom. The number of benzene rings is 7. The van der Waals surface area contributed by atoms with Crippen LogP contribution in [0, 0.1) is 0 Å². The lowest BCUT2D eigenvalue weighted by Gasteiger charge is -2.21. The number of hydrogen-bond acceptors (Lipinski definition) is 3. The van der Waals surface area contributed by atoms with Crippen molar-refractivity contribution >= 4 is 81.3 Å². The Morgan fingerprint density at radius 1 is 0.520 bits per heavy atom. The van der Waals surface area contributed by atoms with Crippen molar-refractivity contribution in [1.82, 2.24) is 4.98 Å². The van der Waals surface area contributed by atoms with Gasteiger partial charge in [0, 0.05) is 37.7 Å². The third-order valence-corrected chi connectivity index (χ3v) is 11.8. The van der Waals surface area contributed by atoms with Gasteiger partial charge in [-0.3, -0.25) is 4.98 Å². The number of aromatic nitrogens is 1. The summed E-state index contributed by atoms with van der Waals surface area (Å²) in [5.74, 6) is 0. The first-order valence-corrected chi connectivity index (χ1v) is 18.1. The fourth-order valence-corrected chi connectivity index (χ4v) is 9.60. The molecule has 0 spiro atoms. The van der Waals surface area contributed by atoms with Crippen LogP contribution in [0.3, 0.4) is 0 Å². The predicted molar refractivity (Wildman–Crippen MR) is 212 cm³/mol. The van der Waals surface area contributed by atoms with Crippen LogP contribution < -0.4 is 0 Å². The molecule has 0 atom stereocenters. The second-order valence-electron chi connectivity index (χ2n) is 13.3. The van der Waals surface area contributed by atoms with Crippen LogP contribution in [-0.4, -0.2) is 4.98 Å². The first-order chi connectivity index (χ1) is 24.8. The van der Waals surface area contributed by atoms with Gasteiger partial charge in [0.05, 0.1) is 5.69 Å². The van der Waals surface area contributed by atoms with Gasteiger partial charge in [-0.05, 0) is 115 Å².